The van der Waals surface area contributed by atoms with Gasteiger partial charge in [0.15, 0.2) is 11.2 Å². The molecule has 1 fully saturated rings. The lowest BCUT2D eigenvalue weighted by Crippen LogP contribution is -2.44. The summed E-state index contributed by atoms with van der Waals surface area (Å²) in [5, 5.41) is 32.3. The number of nitro benzene ring substituents is 1. The van der Waals surface area contributed by atoms with Crippen LogP contribution in [0.25, 0.3) is 6.08 Å². The van der Waals surface area contributed by atoms with Crippen molar-refractivity contribution in [3.8, 4) is 12.1 Å². The molecule has 2 aliphatic heterocycles. The first-order chi connectivity index (χ1) is 16.5. The lowest BCUT2D eigenvalue weighted by Gasteiger charge is -2.34. The number of ketones is 1. The molecule has 3 atom stereocenters. The topological polar surface area (TPSA) is 124 Å². The predicted molar refractivity (Wildman–Crippen MR) is 124 cm³/mol. The van der Waals surface area contributed by atoms with Gasteiger partial charge in [-0.1, -0.05) is 48.5 Å². The molecule has 5 rings (SSSR count). The highest BCUT2D eigenvalue weighted by Gasteiger charge is 2.63. The molecule has 0 spiro atoms. The number of anilines is 1. The van der Waals surface area contributed by atoms with Gasteiger partial charge in [0, 0.05) is 29.8 Å². The summed E-state index contributed by atoms with van der Waals surface area (Å²) < 4.78 is 0. The number of carbonyl (C=O) groups is 1. The van der Waals surface area contributed by atoms with E-state index in [-0.39, 0.29) is 11.5 Å². The molecule has 1 saturated heterocycles. The Morgan fingerprint density at radius 2 is 1.82 bits per heavy atom. The number of Topliss-reactive ketones (excluding diaryl/α,β-unsaturated/α-hetero) is 1. The first kappa shape index (κ1) is 21.0. The molecule has 0 saturated carbocycles. The first-order valence-electron chi connectivity index (χ1n) is 10.6. The number of nitro groups is 1. The number of aromatic nitrogens is 1. The Hall–Kier alpha value is -4.82. The Balaban J connectivity index is 1.80. The van der Waals surface area contributed by atoms with E-state index in [1.807, 2.05) is 0 Å². The fourth-order valence-corrected chi connectivity index (χ4v) is 5.09. The molecule has 0 bridgehead atoms. The van der Waals surface area contributed by atoms with Gasteiger partial charge >= 0.3 is 0 Å². The van der Waals surface area contributed by atoms with Crippen LogP contribution in [-0.2, 0) is 0 Å². The van der Waals surface area contributed by atoms with Gasteiger partial charge < -0.3 is 4.90 Å². The van der Waals surface area contributed by atoms with Gasteiger partial charge in [-0.05, 0) is 23.8 Å². The van der Waals surface area contributed by atoms with Crippen LogP contribution in [0.3, 0.4) is 0 Å². The number of benzene rings is 2. The van der Waals surface area contributed by atoms with E-state index in [2.05, 4.69) is 17.1 Å². The molecule has 3 aromatic rings. The van der Waals surface area contributed by atoms with Crippen molar-refractivity contribution >= 4 is 23.2 Å². The summed E-state index contributed by atoms with van der Waals surface area (Å²) in [6, 6.07) is 20.7. The average molecular weight is 447 g/mol. The molecule has 8 heteroatoms. The van der Waals surface area contributed by atoms with Crippen LogP contribution in [-0.4, -0.2) is 27.8 Å². The second kappa shape index (κ2) is 7.95. The summed E-state index contributed by atoms with van der Waals surface area (Å²) in [5.41, 5.74) is 0.221. The molecule has 0 radical (unpaired) electrons. The van der Waals surface area contributed by atoms with E-state index in [0.29, 0.717) is 22.5 Å². The Kier molecular flexibility index (Phi) is 4.92. The Morgan fingerprint density at radius 3 is 2.53 bits per heavy atom. The minimum atomic E-state index is -1.67. The van der Waals surface area contributed by atoms with Crippen molar-refractivity contribution in [3.63, 3.8) is 0 Å². The third-order valence-electron chi connectivity index (χ3n) is 6.54. The molecule has 0 unspecified atom stereocenters. The van der Waals surface area contributed by atoms with Crippen molar-refractivity contribution in [2.75, 3.05) is 4.90 Å². The van der Waals surface area contributed by atoms with E-state index in [9.17, 15) is 25.4 Å². The van der Waals surface area contributed by atoms with Crippen molar-refractivity contribution < 1.29 is 9.72 Å². The maximum absolute atomic E-state index is 14.0. The van der Waals surface area contributed by atoms with Crippen LogP contribution in [0, 0.1) is 38.2 Å². The number of fused-ring (bicyclic) bond motifs is 3. The van der Waals surface area contributed by atoms with Crippen LogP contribution in [0.4, 0.5) is 11.4 Å². The lowest BCUT2D eigenvalue weighted by molar-refractivity contribution is -0.384. The number of carbonyl (C=O) groups excluding carboxylic acids is 1. The van der Waals surface area contributed by atoms with Gasteiger partial charge in [0.05, 0.1) is 34.5 Å². The minimum Gasteiger partial charge on any atom is -0.349 e. The fraction of sp³-hybridized carbons (Fsp3) is 0.154. The van der Waals surface area contributed by atoms with Gasteiger partial charge in [-0.25, -0.2) is 0 Å². The second-order valence-electron chi connectivity index (χ2n) is 8.22. The van der Waals surface area contributed by atoms with E-state index in [0.717, 1.165) is 0 Å². The quantitative estimate of drug-likeness (QED) is 0.332. The van der Waals surface area contributed by atoms with Crippen molar-refractivity contribution in [1.82, 2.24) is 4.98 Å². The fourth-order valence-electron chi connectivity index (χ4n) is 5.09. The standard InChI is InChI=1S/C26H17N5O3/c27-15-26(16-28)22-12-11-20-21(10-5-13-29-20)30(22)24(25(32)17-6-2-1-3-7-17)23(26)18-8-4-9-19(14-18)31(33)34/h1-14,22-24H/t22-,23+,24-/m0/s1. The molecule has 3 heterocycles. The number of non-ortho nitro benzene ring substituents is 1. The number of nitriles is 2. The number of hydrogen-bond donors (Lipinski definition) is 0. The smallest absolute Gasteiger partial charge is 0.269 e. The largest absolute Gasteiger partial charge is 0.349 e. The summed E-state index contributed by atoms with van der Waals surface area (Å²) in [7, 11) is 0. The third-order valence-corrected chi connectivity index (χ3v) is 6.54. The summed E-state index contributed by atoms with van der Waals surface area (Å²) in [6.45, 7) is 0. The number of hydrogen-bond acceptors (Lipinski definition) is 7. The van der Waals surface area contributed by atoms with Gasteiger partial charge in [-0.15, -0.1) is 0 Å². The average Bonchev–Trinajstić information content (AvgIpc) is 3.20. The molecule has 34 heavy (non-hydrogen) atoms. The number of rotatable bonds is 4. The van der Waals surface area contributed by atoms with Gasteiger partial charge in [0.25, 0.3) is 5.69 Å². The first-order valence-corrected chi connectivity index (χ1v) is 10.6. The molecule has 0 aliphatic carbocycles. The van der Waals surface area contributed by atoms with Crippen molar-refractivity contribution in [2.45, 2.75) is 18.0 Å². The third kappa shape index (κ3) is 2.97. The molecular weight excluding hydrogens is 430 g/mol. The molecule has 0 N–H and O–H groups in total. The predicted octanol–water partition coefficient (Wildman–Crippen LogP) is 4.27. The SMILES string of the molecule is N#CC1(C#N)[C@H](c2cccc([N+](=O)[O-])c2)[C@@H](C(=O)c2ccccc2)N2c3cccnc3C=C[C@H]21. The van der Waals surface area contributed by atoms with Gasteiger partial charge in [-0.3, -0.25) is 19.9 Å². The van der Waals surface area contributed by atoms with Crippen molar-refractivity contribution in [3.05, 3.63) is 106 Å². The lowest BCUT2D eigenvalue weighted by atomic mass is 9.69. The highest BCUT2D eigenvalue weighted by molar-refractivity contribution is 6.04. The maximum Gasteiger partial charge on any atom is 0.269 e. The Labute approximate surface area is 195 Å². The highest BCUT2D eigenvalue weighted by Crippen LogP contribution is 2.55. The molecule has 2 aliphatic rings. The van der Waals surface area contributed by atoms with Crippen LogP contribution in [0.1, 0.15) is 27.5 Å². The second-order valence-corrected chi connectivity index (χ2v) is 8.22. The Bertz CT molecular complexity index is 1410. The van der Waals surface area contributed by atoms with Gasteiger partial charge in [0.2, 0.25) is 0 Å². The van der Waals surface area contributed by atoms with Crippen LogP contribution >= 0.6 is 0 Å². The van der Waals surface area contributed by atoms with Crippen LogP contribution in [0.5, 0.6) is 0 Å². The minimum absolute atomic E-state index is 0.171. The number of pyridine rings is 1. The molecule has 164 valence electrons. The van der Waals surface area contributed by atoms with Gasteiger partial charge in [-0.2, -0.15) is 10.5 Å². The Morgan fingerprint density at radius 1 is 1.06 bits per heavy atom. The zero-order valence-corrected chi connectivity index (χ0v) is 17.8. The van der Waals surface area contributed by atoms with E-state index in [1.165, 1.54) is 18.2 Å². The summed E-state index contributed by atoms with van der Waals surface area (Å²) in [6.07, 6.45) is 5.11. The van der Waals surface area contributed by atoms with E-state index in [1.54, 1.807) is 71.8 Å². The zero-order valence-electron chi connectivity index (χ0n) is 17.8. The van der Waals surface area contributed by atoms with Crippen LogP contribution in [0.2, 0.25) is 0 Å². The molecule has 2 aromatic carbocycles. The van der Waals surface area contributed by atoms with E-state index >= 15 is 0 Å². The highest BCUT2D eigenvalue weighted by atomic mass is 16.6. The molecule has 0 amide bonds. The summed E-state index contributed by atoms with van der Waals surface area (Å²) in [5.74, 6) is -1.23. The maximum atomic E-state index is 14.0. The molecule has 8 nitrogen and oxygen atoms in total. The number of nitrogens with zero attached hydrogens (tertiary/aromatic N) is 5. The zero-order chi connectivity index (χ0) is 23.9. The van der Waals surface area contributed by atoms with Crippen LogP contribution in [0.15, 0.2) is 79.0 Å². The van der Waals surface area contributed by atoms with E-state index < -0.39 is 28.3 Å². The monoisotopic (exact) mass is 447 g/mol. The molecule has 1 aromatic heterocycles. The van der Waals surface area contributed by atoms with Crippen molar-refractivity contribution in [2.24, 2.45) is 5.41 Å². The molecular formula is C26H17N5O3. The van der Waals surface area contributed by atoms with Gasteiger partial charge in [0.1, 0.15) is 6.04 Å². The van der Waals surface area contributed by atoms with Crippen LogP contribution < -0.4 is 4.90 Å². The van der Waals surface area contributed by atoms with E-state index in [4.69, 9.17) is 0 Å². The van der Waals surface area contributed by atoms with Crippen molar-refractivity contribution in [1.29, 1.82) is 10.5 Å². The summed E-state index contributed by atoms with van der Waals surface area (Å²) in [4.78, 5) is 31.1. The summed E-state index contributed by atoms with van der Waals surface area (Å²) >= 11 is 0. The normalized spacial score (nSPS) is 21.6.